The van der Waals surface area contributed by atoms with Crippen molar-refractivity contribution < 1.29 is 29.2 Å². The van der Waals surface area contributed by atoms with E-state index in [1.165, 1.54) is 23.2 Å². The molecule has 1 fully saturated rings. The number of urea groups is 1. The molecule has 4 amide bonds. The van der Waals surface area contributed by atoms with Crippen LogP contribution in [0.4, 0.5) is 16.2 Å². The maximum atomic E-state index is 13.3. The molecule has 5 N–H and O–H groups in total. The van der Waals surface area contributed by atoms with Crippen molar-refractivity contribution >= 4 is 58.5 Å². The number of Topliss-reactive ketones (excluding diaryl/α,β-unsaturated/α-hetero) is 1. The molecule has 0 radical (unpaired) electrons. The smallest absolute Gasteiger partial charge is 0.423 e. The molecule has 1 atom stereocenters. The average molecular weight is 553 g/mol. The number of para-hydroxylation sites is 1. The molecule has 12 heteroatoms. The molecule has 0 saturated carbocycles. The van der Waals surface area contributed by atoms with Crippen LogP contribution in [0, 0.1) is 0 Å². The van der Waals surface area contributed by atoms with Crippen molar-refractivity contribution in [3.8, 4) is 0 Å². The summed E-state index contributed by atoms with van der Waals surface area (Å²) in [6.45, 7) is 2.66. The van der Waals surface area contributed by atoms with Crippen molar-refractivity contribution in [3.05, 3.63) is 90.1 Å². The highest BCUT2D eigenvalue weighted by Crippen LogP contribution is 2.27. The fourth-order valence-corrected chi connectivity index (χ4v) is 4.96. The molecule has 0 bridgehead atoms. The lowest BCUT2D eigenvalue weighted by Crippen LogP contribution is -2.56. The number of H-pyrrole nitrogens is 1. The van der Waals surface area contributed by atoms with Gasteiger partial charge in [0.1, 0.15) is 0 Å². The number of fused-ring (bicyclic) bond motifs is 1. The number of rotatable bonds is 6. The summed E-state index contributed by atoms with van der Waals surface area (Å²) >= 11 is 0. The monoisotopic (exact) mass is 553 g/mol. The quantitative estimate of drug-likeness (QED) is 0.140. The molecule has 41 heavy (non-hydrogen) atoms. The Kier molecular flexibility index (Phi) is 7.86. The van der Waals surface area contributed by atoms with E-state index < -0.39 is 24.8 Å². The van der Waals surface area contributed by atoms with E-state index >= 15 is 0 Å². The first kappa shape index (κ1) is 27.6. The van der Waals surface area contributed by atoms with Crippen LogP contribution in [0.25, 0.3) is 10.9 Å². The molecule has 5 rings (SSSR count). The van der Waals surface area contributed by atoms with Crippen LogP contribution >= 0.6 is 0 Å². The number of ketones is 1. The van der Waals surface area contributed by atoms with Gasteiger partial charge in [-0.25, -0.2) is 4.79 Å². The Hall–Kier alpha value is -4.94. The summed E-state index contributed by atoms with van der Waals surface area (Å²) in [5.41, 5.74) is 2.17. The Balaban J connectivity index is 1.27. The summed E-state index contributed by atoms with van der Waals surface area (Å²) in [5.74, 6) is -1.46. The fraction of sp³-hybridized carbons (Fsp3) is 0.172. The Bertz CT molecular complexity index is 1620. The number of piperazine rings is 1. The van der Waals surface area contributed by atoms with Gasteiger partial charge in [0.2, 0.25) is 0 Å². The second-order valence-corrected chi connectivity index (χ2v) is 9.80. The second-order valence-electron chi connectivity index (χ2n) is 9.80. The van der Waals surface area contributed by atoms with Gasteiger partial charge in [-0.3, -0.25) is 14.4 Å². The Morgan fingerprint density at radius 3 is 2.41 bits per heavy atom. The first-order valence-electron chi connectivity index (χ1n) is 13.1. The number of hydrogen-bond donors (Lipinski definition) is 5. The van der Waals surface area contributed by atoms with Crippen molar-refractivity contribution in [2.24, 2.45) is 0 Å². The van der Waals surface area contributed by atoms with Gasteiger partial charge in [0.15, 0.2) is 0 Å². The number of nitrogens with zero attached hydrogens (tertiary/aromatic N) is 2. The molecule has 208 valence electrons. The number of benzene rings is 3. The molecule has 1 saturated heterocycles. The van der Waals surface area contributed by atoms with Crippen LogP contribution in [-0.4, -0.2) is 81.3 Å². The van der Waals surface area contributed by atoms with Crippen LogP contribution < -0.4 is 16.1 Å². The molecule has 1 aromatic heterocycles. The minimum Gasteiger partial charge on any atom is -0.423 e. The first-order chi connectivity index (χ1) is 19.7. The zero-order valence-electron chi connectivity index (χ0n) is 22.2. The van der Waals surface area contributed by atoms with Crippen molar-refractivity contribution in [3.63, 3.8) is 0 Å². The highest BCUT2D eigenvalue weighted by molar-refractivity contribution is 6.58. The minimum absolute atomic E-state index is 0.115. The van der Waals surface area contributed by atoms with Gasteiger partial charge in [-0.2, -0.15) is 0 Å². The van der Waals surface area contributed by atoms with Crippen LogP contribution in [0.3, 0.4) is 0 Å². The van der Waals surface area contributed by atoms with Gasteiger partial charge in [-0.1, -0.05) is 42.5 Å². The van der Waals surface area contributed by atoms with E-state index in [4.69, 9.17) is 0 Å². The van der Waals surface area contributed by atoms with Crippen molar-refractivity contribution in [2.75, 3.05) is 30.3 Å². The van der Waals surface area contributed by atoms with Crippen LogP contribution in [0.2, 0.25) is 0 Å². The van der Waals surface area contributed by atoms with E-state index in [2.05, 4.69) is 15.6 Å². The van der Waals surface area contributed by atoms with E-state index in [-0.39, 0.29) is 29.5 Å². The summed E-state index contributed by atoms with van der Waals surface area (Å²) in [6, 6.07) is 19.1. The van der Waals surface area contributed by atoms with E-state index in [1.54, 1.807) is 59.5 Å². The molecule has 0 aliphatic carbocycles. The summed E-state index contributed by atoms with van der Waals surface area (Å²) in [4.78, 5) is 58.3. The highest BCUT2D eigenvalue weighted by atomic mass is 16.4. The SMILES string of the molecule is C[C@@H]1CN(C(=O)c2ccccc2)CCN1C(=O)C(=O)c1c[nH]c2c(NC(=O)Nc3cccc(B(O)O)c3)cccc12. The number of carbonyl (C=O) groups excluding carboxylic acids is 4. The van der Waals surface area contributed by atoms with Gasteiger partial charge in [0, 0.05) is 48.5 Å². The number of amides is 4. The normalized spacial score (nSPS) is 15.0. The number of nitrogens with one attached hydrogen (secondary N) is 3. The molecular weight excluding hydrogens is 525 g/mol. The largest absolute Gasteiger partial charge is 0.488 e. The Morgan fingerprint density at radius 2 is 1.68 bits per heavy atom. The number of carbonyl (C=O) groups is 4. The standard InChI is InChI=1S/C29H28BN5O6/c1-18-17-34(27(37)19-7-3-2-4-8-19)13-14-35(18)28(38)26(36)23-16-31-25-22(23)11-6-12-24(25)33-29(39)32-21-10-5-9-20(15-21)30(40)41/h2-12,15-16,18,31,40-41H,13-14,17H2,1H3,(H2,32,33,39)/t18-/m1/s1. The van der Waals surface area contributed by atoms with Gasteiger partial charge < -0.3 is 35.5 Å². The Morgan fingerprint density at radius 1 is 0.927 bits per heavy atom. The van der Waals surface area contributed by atoms with Gasteiger partial charge in [0.05, 0.1) is 16.8 Å². The lowest BCUT2D eigenvalue weighted by atomic mass is 9.80. The molecule has 3 aromatic carbocycles. The summed E-state index contributed by atoms with van der Waals surface area (Å²) in [6.07, 6.45) is 1.44. The topological polar surface area (TPSA) is 155 Å². The number of aromatic amines is 1. The van der Waals surface area contributed by atoms with Crippen LogP contribution in [0.15, 0.2) is 79.0 Å². The lowest BCUT2D eigenvalue weighted by Gasteiger charge is -2.39. The average Bonchev–Trinajstić information content (AvgIpc) is 3.42. The predicted octanol–water partition coefficient (Wildman–Crippen LogP) is 2.05. The molecule has 0 unspecified atom stereocenters. The van der Waals surface area contributed by atoms with Crippen molar-refractivity contribution in [1.29, 1.82) is 0 Å². The summed E-state index contributed by atoms with van der Waals surface area (Å²) < 4.78 is 0. The van der Waals surface area contributed by atoms with Crippen LogP contribution in [0.5, 0.6) is 0 Å². The highest BCUT2D eigenvalue weighted by Gasteiger charge is 2.34. The van der Waals surface area contributed by atoms with E-state index in [0.717, 1.165) is 0 Å². The van der Waals surface area contributed by atoms with Crippen molar-refractivity contribution in [2.45, 2.75) is 13.0 Å². The van der Waals surface area contributed by atoms with E-state index in [9.17, 15) is 29.2 Å². The third-order valence-electron chi connectivity index (χ3n) is 7.04. The zero-order chi connectivity index (χ0) is 29.1. The third kappa shape index (κ3) is 5.83. The van der Waals surface area contributed by atoms with E-state index in [0.29, 0.717) is 40.9 Å². The number of aromatic nitrogens is 1. The molecule has 11 nitrogen and oxygen atoms in total. The van der Waals surface area contributed by atoms with Crippen LogP contribution in [0.1, 0.15) is 27.6 Å². The van der Waals surface area contributed by atoms with Gasteiger partial charge in [-0.15, -0.1) is 0 Å². The number of hydrogen-bond acceptors (Lipinski definition) is 6. The molecule has 1 aliphatic rings. The number of anilines is 2. The lowest BCUT2D eigenvalue weighted by molar-refractivity contribution is -0.130. The third-order valence-corrected chi connectivity index (χ3v) is 7.04. The molecule has 2 heterocycles. The van der Waals surface area contributed by atoms with Crippen LogP contribution in [-0.2, 0) is 4.79 Å². The summed E-state index contributed by atoms with van der Waals surface area (Å²) in [5, 5.41) is 24.5. The van der Waals surface area contributed by atoms with Gasteiger partial charge in [0.25, 0.3) is 17.6 Å². The molecule has 0 spiro atoms. The predicted molar refractivity (Wildman–Crippen MR) is 155 cm³/mol. The minimum atomic E-state index is -1.67. The maximum absolute atomic E-state index is 13.3. The van der Waals surface area contributed by atoms with Gasteiger partial charge in [-0.05, 0) is 42.7 Å². The molecule has 4 aromatic rings. The summed E-state index contributed by atoms with van der Waals surface area (Å²) in [7, 11) is -1.67. The molecular formula is C29H28BN5O6. The van der Waals surface area contributed by atoms with E-state index in [1.807, 2.05) is 13.0 Å². The zero-order valence-corrected chi connectivity index (χ0v) is 22.2. The maximum Gasteiger partial charge on any atom is 0.488 e. The first-order valence-corrected chi connectivity index (χ1v) is 13.1. The fourth-order valence-electron chi connectivity index (χ4n) is 4.96. The second kappa shape index (κ2) is 11.7. The Labute approximate surface area is 235 Å². The molecule has 1 aliphatic heterocycles. The van der Waals surface area contributed by atoms with Crippen molar-refractivity contribution in [1.82, 2.24) is 14.8 Å². The van der Waals surface area contributed by atoms with Gasteiger partial charge >= 0.3 is 13.1 Å².